The number of benzene rings is 1. The van der Waals surface area contributed by atoms with Gasteiger partial charge in [-0.25, -0.2) is 17.6 Å². The van der Waals surface area contributed by atoms with Crippen molar-refractivity contribution in [1.29, 1.82) is 0 Å². The van der Waals surface area contributed by atoms with Crippen LogP contribution >= 0.6 is 0 Å². The van der Waals surface area contributed by atoms with Crippen LogP contribution in [0.1, 0.15) is 12.5 Å². The Labute approximate surface area is 99.0 Å². The maximum atomic E-state index is 13.5. The van der Waals surface area contributed by atoms with Crippen LogP contribution in [-0.2, 0) is 14.6 Å². The number of hydrogen-bond acceptors (Lipinski definition) is 3. The second-order valence-electron chi connectivity index (χ2n) is 4.07. The molecule has 1 atom stereocenters. The molecule has 1 rings (SSSR count). The van der Waals surface area contributed by atoms with Crippen LogP contribution in [0, 0.1) is 6.92 Å². The summed E-state index contributed by atoms with van der Waals surface area (Å²) in [6.45, 7) is 2.52. The zero-order chi connectivity index (χ0) is 13.3. The van der Waals surface area contributed by atoms with Gasteiger partial charge < -0.3 is 5.11 Å². The van der Waals surface area contributed by atoms with Gasteiger partial charge in [-0.1, -0.05) is 17.7 Å². The van der Waals surface area contributed by atoms with Gasteiger partial charge in [-0.3, -0.25) is 0 Å². The average Bonchev–Trinajstić information content (AvgIpc) is 2.16. The molecule has 0 saturated heterocycles. The third kappa shape index (κ3) is 3.26. The van der Waals surface area contributed by atoms with E-state index in [1.807, 2.05) is 0 Å². The third-order valence-corrected chi connectivity index (χ3v) is 4.20. The minimum absolute atomic E-state index is 0.0757. The van der Waals surface area contributed by atoms with Gasteiger partial charge >= 0.3 is 5.97 Å². The number of carboxylic acid groups (broad SMARTS) is 1. The van der Waals surface area contributed by atoms with Crippen molar-refractivity contribution >= 4 is 15.8 Å². The number of aliphatic carboxylic acids is 1. The summed E-state index contributed by atoms with van der Waals surface area (Å²) in [7, 11) is -3.94. The molecule has 1 unspecified atom stereocenters. The monoisotopic (exact) mass is 260 g/mol. The van der Waals surface area contributed by atoms with E-state index in [9.17, 15) is 17.6 Å². The van der Waals surface area contributed by atoms with Crippen LogP contribution in [0.15, 0.2) is 29.2 Å². The summed E-state index contributed by atoms with van der Waals surface area (Å²) < 4.78 is 37.0. The Morgan fingerprint density at radius 2 is 1.82 bits per heavy atom. The van der Waals surface area contributed by atoms with Gasteiger partial charge in [-0.15, -0.1) is 0 Å². The van der Waals surface area contributed by atoms with E-state index in [2.05, 4.69) is 0 Å². The molecule has 0 saturated carbocycles. The molecule has 0 bridgehead atoms. The van der Waals surface area contributed by atoms with Gasteiger partial charge in [0, 0.05) is 0 Å². The molecule has 0 spiro atoms. The van der Waals surface area contributed by atoms with E-state index in [1.165, 1.54) is 12.1 Å². The molecule has 0 heterocycles. The highest BCUT2D eigenvalue weighted by molar-refractivity contribution is 7.91. The maximum Gasteiger partial charge on any atom is 0.342 e. The quantitative estimate of drug-likeness (QED) is 0.892. The van der Waals surface area contributed by atoms with Gasteiger partial charge in [0.1, 0.15) is 0 Å². The highest BCUT2D eigenvalue weighted by Crippen LogP contribution is 2.20. The molecule has 0 aliphatic carbocycles. The number of sulfone groups is 1. The van der Waals surface area contributed by atoms with Crippen molar-refractivity contribution in [2.24, 2.45) is 0 Å². The molecule has 0 aliphatic heterocycles. The molecule has 1 N–H and O–H groups in total. The van der Waals surface area contributed by atoms with Crippen molar-refractivity contribution in [3.63, 3.8) is 0 Å². The van der Waals surface area contributed by atoms with Crippen LogP contribution in [0.3, 0.4) is 0 Å². The van der Waals surface area contributed by atoms with Crippen LogP contribution in [0.2, 0.25) is 0 Å². The van der Waals surface area contributed by atoms with Gasteiger partial charge in [0.05, 0.1) is 10.6 Å². The molecule has 0 aliphatic rings. The molecule has 1 aromatic carbocycles. The van der Waals surface area contributed by atoms with Crippen molar-refractivity contribution in [3.8, 4) is 0 Å². The zero-order valence-corrected chi connectivity index (χ0v) is 10.3. The topological polar surface area (TPSA) is 71.4 Å². The molecule has 6 heteroatoms. The lowest BCUT2D eigenvalue weighted by Gasteiger charge is -2.15. The molecular formula is C11H13FO4S. The molecule has 17 heavy (non-hydrogen) atoms. The minimum atomic E-state index is -3.94. The Morgan fingerprint density at radius 3 is 2.24 bits per heavy atom. The summed E-state index contributed by atoms with van der Waals surface area (Å²) in [5.74, 6) is -2.86. The number of carbonyl (C=O) groups is 1. The van der Waals surface area contributed by atoms with Crippen LogP contribution in [0.5, 0.6) is 0 Å². The number of halogens is 1. The highest BCUT2D eigenvalue weighted by atomic mass is 32.2. The van der Waals surface area contributed by atoms with Crippen molar-refractivity contribution < 1.29 is 22.7 Å². The van der Waals surface area contributed by atoms with Gasteiger partial charge in [0.25, 0.3) is 0 Å². The Hall–Kier alpha value is -1.43. The first-order chi connectivity index (χ1) is 7.65. The summed E-state index contributed by atoms with van der Waals surface area (Å²) in [6.07, 6.45) is 0. The number of carboxylic acids is 1. The van der Waals surface area contributed by atoms with E-state index < -0.39 is 27.2 Å². The molecule has 0 aromatic heterocycles. The lowest BCUT2D eigenvalue weighted by molar-refractivity contribution is -0.148. The fraction of sp³-hybridized carbons (Fsp3) is 0.364. The van der Waals surface area contributed by atoms with Crippen molar-refractivity contribution in [2.45, 2.75) is 24.4 Å². The second kappa shape index (κ2) is 4.44. The van der Waals surface area contributed by atoms with E-state index >= 15 is 0 Å². The summed E-state index contributed by atoms with van der Waals surface area (Å²) in [6, 6.07) is 5.82. The SMILES string of the molecule is Cc1ccc(S(=O)(=O)CC(C)(F)C(=O)O)cc1. The molecule has 94 valence electrons. The lowest BCUT2D eigenvalue weighted by Crippen LogP contribution is -2.37. The van der Waals surface area contributed by atoms with Crippen LogP contribution in [0.25, 0.3) is 0 Å². The maximum absolute atomic E-state index is 13.5. The smallest absolute Gasteiger partial charge is 0.342 e. The molecule has 1 aromatic rings. The molecule has 0 radical (unpaired) electrons. The van der Waals surface area contributed by atoms with E-state index in [0.717, 1.165) is 12.5 Å². The van der Waals surface area contributed by atoms with Crippen LogP contribution in [-0.4, -0.2) is 30.9 Å². The standard InChI is InChI=1S/C11H13FO4S/c1-8-3-5-9(6-4-8)17(15,16)7-11(2,12)10(13)14/h3-6H,7H2,1-2H3,(H,13,14). The Bertz CT molecular complexity index is 517. The van der Waals surface area contributed by atoms with Crippen molar-refractivity contribution in [1.82, 2.24) is 0 Å². The van der Waals surface area contributed by atoms with Crippen molar-refractivity contribution in [3.05, 3.63) is 29.8 Å². The largest absolute Gasteiger partial charge is 0.479 e. The molecule has 4 nitrogen and oxygen atoms in total. The van der Waals surface area contributed by atoms with E-state index in [1.54, 1.807) is 19.1 Å². The minimum Gasteiger partial charge on any atom is -0.479 e. The first-order valence-corrected chi connectivity index (χ1v) is 6.52. The Kier molecular flexibility index (Phi) is 3.56. The van der Waals surface area contributed by atoms with Crippen molar-refractivity contribution in [2.75, 3.05) is 5.75 Å². The molecule has 0 fully saturated rings. The zero-order valence-electron chi connectivity index (χ0n) is 9.47. The van der Waals surface area contributed by atoms with Crippen LogP contribution < -0.4 is 0 Å². The predicted octanol–water partition coefficient (Wildman–Crippen LogP) is 1.58. The molecular weight excluding hydrogens is 247 g/mol. The average molecular weight is 260 g/mol. The summed E-state index contributed by atoms with van der Waals surface area (Å²) in [5, 5.41) is 8.56. The second-order valence-corrected chi connectivity index (χ2v) is 6.06. The van der Waals surface area contributed by atoms with E-state index in [-0.39, 0.29) is 4.90 Å². The van der Waals surface area contributed by atoms with Gasteiger partial charge in [0.15, 0.2) is 9.84 Å². The first-order valence-electron chi connectivity index (χ1n) is 4.87. The number of alkyl halides is 1. The van der Waals surface area contributed by atoms with Gasteiger partial charge in [0.2, 0.25) is 5.67 Å². The first kappa shape index (κ1) is 13.6. The Morgan fingerprint density at radius 1 is 1.35 bits per heavy atom. The fourth-order valence-corrected chi connectivity index (χ4v) is 2.80. The van der Waals surface area contributed by atoms with Crippen LogP contribution in [0.4, 0.5) is 4.39 Å². The normalized spacial score (nSPS) is 15.2. The number of aryl methyl sites for hydroxylation is 1. The highest BCUT2D eigenvalue weighted by Gasteiger charge is 2.38. The predicted molar refractivity (Wildman–Crippen MR) is 60.4 cm³/mol. The lowest BCUT2D eigenvalue weighted by atomic mass is 10.2. The molecule has 0 amide bonds. The summed E-state index contributed by atoms with van der Waals surface area (Å²) >= 11 is 0. The third-order valence-electron chi connectivity index (χ3n) is 2.29. The number of hydrogen-bond donors (Lipinski definition) is 1. The summed E-state index contributed by atoms with van der Waals surface area (Å²) in [5.41, 5.74) is -1.92. The summed E-state index contributed by atoms with van der Waals surface area (Å²) in [4.78, 5) is 10.5. The van der Waals surface area contributed by atoms with E-state index in [4.69, 9.17) is 5.11 Å². The van der Waals surface area contributed by atoms with Gasteiger partial charge in [-0.2, -0.15) is 0 Å². The Balaban J connectivity index is 3.05. The van der Waals surface area contributed by atoms with Gasteiger partial charge in [-0.05, 0) is 26.0 Å². The fourth-order valence-electron chi connectivity index (χ4n) is 1.25. The number of rotatable bonds is 4. The van der Waals surface area contributed by atoms with E-state index in [0.29, 0.717) is 0 Å².